The largest absolute Gasteiger partial charge is 0.474 e. The van der Waals surface area contributed by atoms with E-state index in [0.29, 0.717) is 44.0 Å². The third kappa shape index (κ3) is 7.11. The van der Waals surface area contributed by atoms with Gasteiger partial charge in [0.25, 0.3) is 5.91 Å². The van der Waals surface area contributed by atoms with Crippen LogP contribution in [-0.4, -0.2) is 138 Å². The molecule has 13 heteroatoms. The minimum absolute atomic E-state index is 0.0744. The maximum absolute atomic E-state index is 14.3. The lowest BCUT2D eigenvalue weighted by Crippen LogP contribution is -2.65. The van der Waals surface area contributed by atoms with Crippen LogP contribution >= 0.6 is 0 Å². The Morgan fingerprint density at radius 2 is 1.65 bits per heavy atom. The molecule has 2 saturated heterocycles. The van der Waals surface area contributed by atoms with E-state index >= 15 is 0 Å². The Bertz CT molecular complexity index is 1430. The summed E-state index contributed by atoms with van der Waals surface area (Å²) in [5.74, 6) is -0.622. The highest BCUT2D eigenvalue weighted by Crippen LogP contribution is 2.36. The second-order valence-electron chi connectivity index (χ2n) is 13.0. The molecule has 3 amide bonds. The first kappa shape index (κ1) is 33.6. The summed E-state index contributed by atoms with van der Waals surface area (Å²) >= 11 is 0. The fourth-order valence-electron chi connectivity index (χ4n) is 6.68. The van der Waals surface area contributed by atoms with Gasteiger partial charge in [-0.15, -0.1) is 0 Å². The molecule has 1 aromatic carbocycles. The number of carbonyl (C=O) groups excluding carboxylic acids is 2. The molecule has 46 heavy (non-hydrogen) atoms. The molecule has 3 aliphatic heterocycles. The zero-order valence-corrected chi connectivity index (χ0v) is 27.5. The van der Waals surface area contributed by atoms with Gasteiger partial charge in [-0.3, -0.25) is 19.4 Å². The Hall–Kier alpha value is -3.81. The van der Waals surface area contributed by atoms with E-state index in [1.165, 1.54) is 21.9 Å². The predicted octanol–water partition coefficient (Wildman–Crippen LogP) is 2.79. The number of morpholine rings is 1. The maximum Gasteiger partial charge on any atom is 0.407 e. The van der Waals surface area contributed by atoms with E-state index in [4.69, 9.17) is 9.47 Å². The lowest BCUT2D eigenvalue weighted by molar-refractivity contribution is -0.122. The number of amides is 3. The van der Waals surface area contributed by atoms with Gasteiger partial charge >= 0.3 is 6.09 Å². The van der Waals surface area contributed by atoms with Gasteiger partial charge in [0.15, 0.2) is 0 Å². The van der Waals surface area contributed by atoms with Crippen LogP contribution in [0.5, 0.6) is 5.88 Å². The van der Waals surface area contributed by atoms with E-state index in [9.17, 15) is 23.9 Å². The van der Waals surface area contributed by atoms with E-state index in [-0.39, 0.29) is 79.1 Å². The van der Waals surface area contributed by atoms with Crippen molar-refractivity contribution in [3.8, 4) is 5.88 Å². The van der Waals surface area contributed by atoms with Crippen molar-refractivity contribution in [2.45, 2.75) is 64.3 Å². The number of fused-ring (bicyclic) bond motifs is 1. The Morgan fingerprint density at radius 3 is 2.28 bits per heavy atom. The number of hydrogen-bond donors (Lipinski definition) is 1. The summed E-state index contributed by atoms with van der Waals surface area (Å²) in [6.07, 6.45) is -0.663. The molecule has 0 aliphatic carbocycles. The molecule has 3 aliphatic rings. The topological polar surface area (TPSA) is 119 Å². The van der Waals surface area contributed by atoms with Crippen molar-refractivity contribution >= 4 is 23.6 Å². The van der Waals surface area contributed by atoms with Crippen molar-refractivity contribution in [2.24, 2.45) is 0 Å². The van der Waals surface area contributed by atoms with Crippen LogP contribution in [0.15, 0.2) is 30.3 Å². The van der Waals surface area contributed by atoms with Crippen LogP contribution in [0.25, 0.3) is 0 Å². The monoisotopic (exact) mass is 640 g/mol. The van der Waals surface area contributed by atoms with Crippen molar-refractivity contribution in [3.63, 3.8) is 0 Å². The summed E-state index contributed by atoms with van der Waals surface area (Å²) < 4.78 is 25.3. The summed E-state index contributed by atoms with van der Waals surface area (Å²) in [6.45, 7) is 10.7. The number of pyridine rings is 1. The zero-order valence-electron chi connectivity index (χ0n) is 27.5. The summed E-state index contributed by atoms with van der Waals surface area (Å²) in [5.41, 5.74) is 2.07. The Labute approximate surface area is 269 Å². The number of carboxylic acid groups (broad SMARTS) is 1. The Balaban J connectivity index is 1.46. The lowest BCUT2D eigenvalue weighted by atomic mass is 10.0. The summed E-state index contributed by atoms with van der Waals surface area (Å²) in [6, 6.07) is 7.36. The number of nitrogens with zero attached hydrogens (tertiary/aromatic N) is 6. The van der Waals surface area contributed by atoms with Crippen LogP contribution in [-0.2, 0) is 16.0 Å². The fraction of sp³-hybridized carbons (Fsp3) is 0.576. The SMILES string of the molecule is C[C@@H]1CN(CC(=O)N2c3cc(Cc4ccc(F)cc4)c(C(=O)N(C)C)nc3OC[C@@H]2C)[C@@H](CN2[C@H](C)COC[C@H]2C)CN1C(=O)O. The number of piperazine rings is 1. The van der Waals surface area contributed by atoms with Crippen LogP contribution in [0.3, 0.4) is 0 Å². The summed E-state index contributed by atoms with van der Waals surface area (Å²) in [4.78, 5) is 53.2. The molecule has 0 spiro atoms. The van der Waals surface area contributed by atoms with Crippen LogP contribution in [0.4, 0.5) is 14.9 Å². The molecule has 2 fully saturated rings. The van der Waals surface area contributed by atoms with Crippen LogP contribution in [0.1, 0.15) is 49.3 Å². The van der Waals surface area contributed by atoms with E-state index in [2.05, 4.69) is 28.6 Å². The molecular weight excluding hydrogens is 595 g/mol. The summed E-state index contributed by atoms with van der Waals surface area (Å²) in [7, 11) is 3.29. The van der Waals surface area contributed by atoms with Crippen molar-refractivity contribution in [3.05, 3.63) is 53.0 Å². The molecule has 0 bridgehead atoms. The highest BCUT2D eigenvalue weighted by molar-refractivity contribution is 5.99. The molecule has 5 atom stereocenters. The molecule has 2 aromatic rings. The number of ether oxygens (including phenoxy) is 2. The molecule has 1 N–H and O–H groups in total. The highest BCUT2D eigenvalue weighted by Gasteiger charge is 2.40. The summed E-state index contributed by atoms with van der Waals surface area (Å²) in [5, 5.41) is 9.93. The van der Waals surface area contributed by atoms with E-state index in [1.807, 2.05) is 13.8 Å². The minimum atomic E-state index is -0.967. The normalized spacial score (nSPS) is 25.5. The highest BCUT2D eigenvalue weighted by atomic mass is 19.1. The van der Waals surface area contributed by atoms with Gasteiger partial charge in [0.2, 0.25) is 11.8 Å². The zero-order chi connectivity index (χ0) is 33.3. The average molecular weight is 641 g/mol. The second-order valence-corrected chi connectivity index (χ2v) is 13.0. The van der Waals surface area contributed by atoms with Gasteiger partial charge in [-0.05, 0) is 63.4 Å². The van der Waals surface area contributed by atoms with Gasteiger partial charge in [-0.25, -0.2) is 14.2 Å². The number of anilines is 1. The number of benzene rings is 1. The van der Waals surface area contributed by atoms with Gasteiger partial charge in [0, 0.05) is 57.9 Å². The van der Waals surface area contributed by atoms with Gasteiger partial charge < -0.3 is 29.3 Å². The van der Waals surface area contributed by atoms with E-state index < -0.39 is 6.09 Å². The number of aromatic nitrogens is 1. The van der Waals surface area contributed by atoms with Crippen LogP contribution in [0, 0.1) is 5.82 Å². The molecule has 250 valence electrons. The fourth-order valence-corrected chi connectivity index (χ4v) is 6.68. The van der Waals surface area contributed by atoms with Gasteiger partial charge in [-0.2, -0.15) is 0 Å². The van der Waals surface area contributed by atoms with Crippen LogP contribution in [0.2, 0.25) is 0 Å². The van der Waals surface area contributed by atoms with Crippen molar-refractivity contribution in [2.75, 3.05) is 65.0 Å². The Kier molecular flexibility index (Phi) is 10.1. The molecule has 12 nitrogen and oxygen atoms in total. The van der Waals surface area contributed by atoms with Gasteiger partial charge in [0.05, 0.1) is 25.8 Å². The number of carbonyl (C=O) groups is 3. The number of halogens is 1. The van der Waals surface area contributed by atoms with E-state index in [1.54, 1.807) is 37.2 Å². The molecule has 0 radical (unpaired) electrons. The first-order chi connectivity index (χ1) is 21.8. The van der Waals surface area contributed by atoms with Crippen molar-refractivity contribution < 1.29 is 33.4 Å². The van der Waals surface area contributed by atoms with Gasteiger partial charge in [0.1, 0.15) is 23.8 Å². The standard InChI is InChI=1S/C33H45FN6O6/c1-20-13-37(27(15-39(20)33(43)44)14-38-21(2)17-45-18-22(38)3)16-29(41)40-23(4)19-46-31-28(40)12-25(30(35-31)32(42)36(5)6)11-24-7-9-26(34)10-8-24/h7-10,12,20-23,27H,11,13-19H2,1-6H3,(H,43,44)/t20-,21-,22-,23+,27+/m1/s1. The molecular formula is C33H45FN6O6. The molecule has 4 heterocycles. The van der Waals surface area contributed by atoms with Crippen molar-refractivity contribution in [1.82, 2.24) is 24.6 Å². The Morgan fingerprint density at radius 1 is 0.978 bits per heavy atom. The quantitative estimate of drug-likeness (QED) is 0.488. The predicted molar refractivity (Wildman–Crippen MR) is 170 cm³/mol. The third-order valence-electron chi connectivity index (χ3n) is 9.21. The molecule has 5 rings (SSSR count). The minimum Gasteiger partial charge on any atom is -0.474 e. The van der Waals surface area contributed by atoms with Crippen LogP contribution < -0.4 is 9.64 Å². The van der Waals surface area contributed by atoms with Crippen molar-refractivity contribution in [1.29, 1.82) is 0 Å². The first-order valence-electron chi connectivity index (χ1n) is 15.9. The smallest absolute Gasteiger partial charge is 0.407 e. The average Bonchev–Trinajstić information content (AvgIpc) is 3.00. The number of rotatable bonds is 7. The van der Waals surface area contributed by atoms with E-state index in [0.717, 1.165) is 5.56 Å². The molecule has 0 unspecified atom stereocenters. The van der Waals surface area contributed by atoms with Gasteiger partial charge in [-0.1, -0.05) is 12.1 Å². The lowest BCUT2D eigenvalue weighted by Gasteiger charge is -2.48. The third-order valence-corrected chi connectivity index (χ3v) is 9.21. The second kappa shape index (κ2) is 13.9. The molecule has 0 saturated carbocycles. The maximum atomic E-state index is 14.3. The molecule has 1 aromatic heterocycles. The first-order valence-corrected chi connectivity index (χ1v) is 15.9. The number of hydrogen-bond acceptors (Lipinski definition) is 8.